The first-order valence-corrected chi connectivity index (χ1v) is 7.83. The number of amides is 2. The van der Waals surface area contributed by atoms with E-state index in [4.69, 9.17) is 4.74 Å². The number of nitrogens with zero attached hydrogens (tertiary/aromatic N) is 2. The highest BCUT2D eigenvalue weighted by Gasteiger charge is 2.35. The molecule has 1 aromatic carbocycles. The van der Waals surface area contributed by atoms with Crippen molar-refractivity contribution in [3.05, 3.63) is 35.6 Å². The predicted octanol–water partition coefficient (Wildman–Crippen LogP) is 2.40. The molecule has 0 bridgehead atoms. The lowest BCUT2D eigenvalue weighted by atomic mass is 9.83. The summed E-state index contributed by atoms with van der Waals surface area (Å²) in [7, 11) is 0. The zero-order valence-electron chi connectivity index (χ0n) is 13.8. The number of ether oxygens (including phenoxy) is 1. The summed E-state index contributed by atoms with van der Waals surface area (Å²) in [6.07, 6.45) is -0.336. The second kappa shape index (κ2) is 6.98. The normalized spacial score (nSPS) is 15.5. The molecule has 0 unspecified atom stereocenters. The molecule has 0 aromatic heterocycles. The summed E-state index contributed by atoms with van der Waals surface area (Å²) in [5, 5.41) is 0. The van der Waals surface area contributed by atoms with Crippen molar-refractivity contribution in [1.82, 2.24) is 9.80 Å². The molecule has 1 saturated heterocycles. The molecule has 0 N–H and O–H groups in total. The number of piperazine rings is 1. The van der Waals surface area contributed by atoms with Crippen LogP contribution in [0.5, 0.6) is 0 Å². The van der Waals surface area contributed by atoms with E-state index >= 15 is 0 Å². The van der Waals surface area contributed by atoms with Gasteiger partial charge in [-0.05, 0) is 38.5 Å². The minimum atomic E-state index is -0.736. The molecule has 0 spiro atoms. The smallest absolute Gasteiger partial charge is 0.409 e. The van der Waals surface area contributed by atoms with E-state index in [-0.39, 0.29) is 17.8 Å². The van der Waals surface area contributed by atoms with Gasteiger partial charge in [-0.25, -0.2) is 9.18 Å². The molecular weight excluding hydrogens is 299 g/mol. The summed E-state index contributed by atoms with van der Waals surface area (Å²) in [6.45, 7) is 7.65. The molecule has 0 radical (unpaired) electrons. The highest BCUT2D eigenvalue weighted by molar-refractivity contribution is 5.87. The van der Waals surface area contributed by atoms with Crippen LogP contribution >= 0.6 is 0 Å². The van der Waals surface area contributed by atoms with Gasteiger partial charge in [0.25, 0.3) is 0 Å². The fraction of sp³-hybridized carbons (Fsp3) is 0.529. The molecule has 2 rings (SSSR count). The quantitative estimate of drug-likeness (QED) is 0.858. The largest absolute Gasteiger partial charge is 0.450 e. The fourth-order valence-electron chi connectivity index (χ4n) is 2.69. The van der Waals surface area contributed by atoms with E-state index in [1.807, 2.05) is 13.8 Å². The number of carbonyl (C=O) groups is 2. The summed E-state index contributed by atoms with van der Waals surface area (Å²) in [4.78, 5) is 27.9. The van der Waals surface area contributed by atoms with Gasteiger partial charge in [-0.1, -0.05) is 12.1 Å². The third-order valence-corrected chi connectivity index (χ3v) is 4.19. The summed E-state index contributed by atoms with van der Waals surface area (Å²) < 4.78 is 18.0. The van der Waals surface area contributed by atoms with Gasteiger partial charge in [0.1, 0.15) is 5.82 Å². The molecule has 126 valence electrons. The Morgan fingerprint density at radius 1 is 1.09 bits per heavy atom. The van der Waals surface area contributed by atoms with E-state index in [9.17, 15) is 14.0 Å². The molecule has 0 atom stereocenters. The minimum Gasteiger partial charge on any atom is -0.450 e. The SMILES string of the molecule is CCOC(=O)N1CCN(C(=O)C(C)(C)c2ccc(F)cc2)CC1. The van der Waals surface area contributed by atoms with Crippen molar-refractivity contribution in [3.8, 4) is 0 Å². The average molecular weight is 322 g/mol. The van der Waals surface area contributed by atoms with E-state index in [1.165, 1.54) is 12.1 Å². The Morgan fingerprint density at radius 2 is 1.61 bits per heavy atom. The zero-order valence-corrected chi connectivity index (χ0v) is 13.8. The van der Waals surface area contributed by atoms with Gasteiger partial charge in [0.15, 0.2) is 0 Å². The highest BCUT2D eigenvalue weighted by atomic mass is 19.1. The number of carbonyl (C=O) groups excluding carboxylic acids is 2. The minimum absolute atomic E-state index is 0.0207. The number of rotatable bonds is 3. The summed E-state index contributed by atoms with van der Waals surface area (Å²) >= 11 is 0. The van der Waals surface area contributed by atoms with Crippen molar-refractivity contribution in [2.24, 2.45) is 0 Å². The number of halogens is 1. The van der Waals surface area contributed by atoms with Crippen LogP contribution in [0.3, 0.4) is 0 Å². The van der Waals surface area contributed by atoms with Gasteiger partial charge in [0.05, 0.1) is 12.0 Å². The Morgan fingerprint density at radius 3 is 2.13 bits per heavy atom. The van der Waals surface area contributed by atoms with Gasteiger partial charge in [-0.3, -0.25) is 4.79 Å². The van der Waals surface area contributed by atoms with E-state index in [2.05, 4.69) is 0 Å². The number of hydrogen-bond acceptors (Lipinski definition) is 3. The molecular formula is C17H23FN2O3. The summed E-state index contributed by atoms with van der Waals surface area (Å²) in [5.74, 6) is -0.340. The van der Waals surface area contributed by atoms with Crippen molar-refractivity contribution in [2.45, 2.75) is 26.2 Å². The lowest BCUT2D eigenvalue weighted by Gasteiger charge is -2.38. The molecule has 1 aliphatic heterocycles. The maximum absolute atomic E-state index is 13.1. The third-order valence-electron chi connectivity index (χ3n) is 4.19. The Balaban J connectivity index is 2.01. The van der Waals surface area contributed by atoms with Crippen molar-refractivity contribution < 1.29 is 18.7 Å². The molecule has 6 heteroatoms. The molecule has 5 nitrogen and oxygen atoms in total. The second-order valence-electron chi connectivity index (χ2n) is 6.11. The fourth-order valence-corrected chi connectivity index (χ4v) is 2.69. The maximum atomic E-state index is 13.1. The molecule has 1 aliphatic rings. The molecule has 23 heavy (non-hydrogen) atoms. The predicted molar refractivity (Wildman–Crippen MR) is 84.6 cm³/mol. The molecule has 1 fully saturated rings. The van der Waals surface area contributed by atoms with Crippen LogP contribution in [0.2, 0.25) is 0 Å². The van der Waals surface area contributed by atoms with Crippen LogP contribution in [0, 0.1) is 5.82 Å². The zero-order chi connectivity index (χ0) is 17.0. The van der Waals surface area contributed by atoms with Crippen LogP contribution in [0.25, 0.3) is 0 Å². The van der Waals surface area contributed by atoms with E-state index in [0.29, 0.717) is 32.8 Å². The van der Waals surface area contributed by atoms with Gasteiger partial charge < -0.3 is 14.5 Å². The lowest BCUT2D eigenvalue weighted by Crippen LogP contribution is -2.54. The van der Waals surface area contributed by atoms with E-state index < -0.39 is 5.41 Å². The van der Waals surface area contributed by atoms with Crippen molar-refractivity contribution in [3.63, 3.8) is 0 Å². The van der Waals surface area contributed by atoms with Crippen molar-refractivity contribution in [2.75, 3.05) is 32.8 Å². The van der Waals surface area contributed by atoms with E-state index in [0.717, 1.165) is 5.56 Å². The molecule has 0 saturated carbocycles. The molecule has 1 heterocycles. The van der Waals surface area contributed by atoms with Crippen LogP contribution in [-0.4, -0.2) is 54.6 Å². The van der Waals surface area contributed by atoms with Gasteiger partial charge in [0, 0.05) is 26.2 Å². The molecule has 0 aliphatic carbocycles. The van der Waals surface area contributed by atoms with Gasteiger partial charge in [-0.2, -0.15) is 0 Å². The van der Waals surface area contributed by atoms with Crippen LogP contribution < -0.4 is 0 Å². The highest BCUT2D eigenvalue weighted by Crippen LogP contribution is 2.26. The first-order chi connectivity index (χ1) is 10.9. The van der Waals surface area contributed by atoms with Crippen molar-refractivity contribution in [1.29, 1.82) is 0 Å². The Hall–Kier alpha value is -2.11. The monoisotopic (exact) mass is 322 g/mol. The van der Waals surface area contributed by atoms with Gasteiger partial charge >= 0.3 is 6.09 Å². The Labute approximate surface area is 136 Å². The van der Waals surface area contributed by atoms with Gasteiger partial charge in [0.2, 0.25) is 5.91 Å². The molecule has 2 amide bonds. The topological polar surface area (TPSA) is 49.9 Å². The van der Waals surface area contributed by atoms with E-state index in [1.54, 1.807) is 28.9 Å². The van der Waals surface area contributed by atoms with Gasteiger partial charge in [-0.15, -0.1) is 0 Å². The first kappa shape index (κ1) is 17.2. The summed E-state index contributed by atoms with van der Waals surface area (Å²) in [6, 6.07) is 6.01. The number of hydrogen-bond donors (Lipinski definition) is 0. The third kappa shape index (κ3) is 3.81. The van der Waals surface area contributed by atoms with Crippen LogP contribution in [-0.2, 0) is 14.9 Å². The molecule has 1 aromatic rings. The second-order valence-corrected chi connectivity index (χ2v) is 6.11. The van der Waals surface area contributed by atoms with Crippen LogP contribution in [0.4, 0.5) is 9.18 Å². The lowest BCUT2D eigenvalue weighted by molar-refractivity contribution is -0.137. The van der Waals surface area contributed by atoms with Crippen LogP contribution in [0.1, 0.15) is 26.3 Å². The summed E-state index contributed by atoms with van der Waals surface area (Å²) in [5.41, 5.74) is 0.0384. The standard InChI is InChI=1S/C17H23FN2O3/c1-4-23-16(22)20-11-9-19(10-12-20)15(21)17(2,3)13-5-7-14(18)8-6-13/h5-8H,4,9-12H2,1-3H3. The first-order valence-electron chi connectivity index (χ1n) is 7.83. The Bertz CT molecular complexity index is 564. The van der Waals surface area contributed by atoms with Crippen molar-refractivity contribution >= 4 is 12.0 Å². The maximum Gasteiger partial charge on any atom is 0.409 e. The Kier molecular flexibility index (Phi) is 5.23. The number of benzene rings is 1. The van der Waals surface area contributed by atoms with Crippen LogP contribution in [0.15, 0.2) is 24.3 Å². The average Bonchev–Trinajstić information content (AvgIpc) is 2.55.